The molecule has 19 heavy (non-hydrogen) atoms. The summed E-state index contributed by atoms with van der Waals surface area (Å²) in [5, 5.41) is 14.1. The molecule has 0 heterocycles. The fourth-order valence-corrected chi connectivity index (χ4v) is 2.50. The summed E-state index contributed by atoms with van der Waals surface area (Å²) in [5.41, 5.74) is 2.36. The third-order valence-electron chi connectivity index (χ3n) is 2.61. The molecule has 0 aliphatic carbocycles. The van der Waals surface area contributed by atoms with Crippen LogP contribution in [0.15, 0.2) is 45.3 Å². The highest BCUT2D eigenvalue weighted by atomic mass is 79.9. The van der Waals surface area contributed by atoms with Gasteiger partial charge in [0.2, 0.25) is 0 Å². The van der Waals surface area contributed by atoms with Gasteiger partial charge in [0, 0.05) is 20.7 Å². The molecule has 4 nitrogen and oxygen atoms in total. The first-order valence-electron chi connectivity index (χ1n) is 5.44. The molecule has 0 amide bonds. The number of nitro benzene ring substituents is 1. The molecule has 0 bridgehead atoms. The molecule has 2 aromatic carbocycles. The number of rotatable bonds is 3. The Labute approximate surface area is 127 Å². The third kappa shape index (κ3) is 3.33. The number of anilines is 2. The minimum absolute atomic E-state index is 0.0386. The number of nitrogens with one attached hydrogen (secondary N) is 1. The number of hydrogen-bond donors (Lipinski definition) is 1. The van der Waals surface area contributed by atoms with E-state index in [1.165, 1.54) is 6.07 Å². The largest absolute Gasteiger partial charge is 0.350 e. The van der Waals surface area contributed by atoms with E-state index in [9.17, 15) is 10.1 Å². The van der Waals surface area contributed by atoms with E-state index in [-0.39, 0.29) is 5.69 Å². The minimum atomic E-state index is -0.402. The van der Waals surface area contributed by atoms with Gasteiger partial charge in [-0.05, 0) is 42.8 Å². The monoisotopic (exact) mass is 384 g/mol. The van der Waals surface area contributed by atoms with Gasteiger partial charge in [-0.2, -0.15) is 0 Å². The Morgan fingerprint density at radius 1 is 1.05 bits per heavy atom. The molecule has 0 spiro atoms. The van der Waals surface area contributed by atoms with Crippen molar-refractivity contribution >= 4 is 48.9 Å². The normalized spacial score (nSPS) is 10.3. The van der Waals surface area contributed by atoms with Crippen LogP contribution < -0.4 is 5.32 Å². The lowest BCUT2D eigenvalue weighted by Gasteiger charge is -2.10. The van der Waals surface area contributed by atoms with Crippen LogP contribution in [0, 0.1) is 17.0 Å². The average Bonchev–Trinajstić information content (AvgIpc) is 2.34. The van der Waals surface area contributed by atoms with Gasteiger partial charge in [-0.1, -0.05) is 31.9 Å². The number of nitrogens with zero attached hydrogens (tertiary/aromatic N) is 1. The summed E-state index contributed by atoms with van der Waals surface area (Å²) in [5.74, 6) is 0. The van der Waals surface area contributed by atoms with Crippen LogP contribution in [0.25, 0.3) is 0 Å². The van der Waals surface area contributed by atoms with Crippen molar-refractivity contribution < 1.29 is 4.92 Å². The summed E-state index contributed by atoms with van der Waals surface area (Å²) in [6.07, 6.45) is 0. The van der Waals surface area contributed by atoms with E-state index in [1.807, 2.05) is 25.1 Å². The zero-order chi connectivity index (χ0) is 14.0. The number of nitro groups is 1. The molecular formula is C13H10Br2N2O2. The van der Waals surface area contributed by atoms with Gasteiger partial charge in [-0.3, -0.25) is 10.1 Å². The average molecular weight is 386 g/mol. The first kappa shape index (κ1) is 14.0. The maximum absolute atomic E-state index is 11.0. The Bertz CT molecular complexity index is 645. The minimum Gasteiger partial charge on any atom is -0.350 e. The fraction of sp³-hybridized carbons (Fsp3) is 0.0769. The fourth-order valence-electron chi connectivity index (χ4n) is 1.67. The van der Waals surface area contributed by atoms with Crippen LogP contribution in [-0.4, -0.2) is 4.92 Å². The van der Waals surface area contributed by atoms with Crippen LogP contribution in [0.5, 0.6) is 0 Å². The maximum Gasteiger partial charge on any atom is 0.293 e. The molecule has 2 aromatic rings. The van der Waals surface area contributed by atoms with Crippen molar-refractivity contribution in [1.82, 2.24) is 0 Å². The van der Waals surface area contributed by atoms with Gasteiger partial charge >= 0.3 is 0 Å². The SMILES string of the molecule is Cc1cc(Br)ccc1Nc1ccc(Br)cc1[N+](=O)[O-]. The molecule has 0 aliphatic heterocycles. The van der Waals surface area contributed by atoms with Crippen molar-refractivity contribution in [3.63, 3.8) is 0 Å². The van der Waals surface area contributed by atoms with E-state index in [0.29, 0.717) is 10.2 Å². The lowest BCUT2D eigenvalue weighted by atomic mass is 10.2. The lowest BCUT2D eigenvalue weighted by Crippen LogP contribution is -1.98. The van der Waals surface area contributed by atoms with Crippen molar-refractivity contribution in [2.75, 3.05) is 5.32 Å². The highest BCUT2D eigenvalue weighted by Crippen LogP contribution is 2.32. The molecule has 0 saturated heterocycles. The van der Waals surface area contributed by atoms with Gasteiger partial charge in [0.25, 0.3) is 5.69 Å². The lowest BCUT2D eigenvalue weighted by molar-refractivity contribution is -0.384. The summed E-state index contributed by atoms with van der Waals surface area (Å²) >= 11 is 6.62. The highest BCUT2D eigenvalue weighted by molar-refractivity contribution is 9.10. The standard InChI is InChI=1S/C13H10Br2N2O2/c1-8-6-9(14)2-4-11(8)16-12-5-3-10(15)7-13(12)17(18)19/h2-7,16H,1H3. The van der Waals surface area contributed by atoms with Crippen LogP contribution in [0.1, 0.15) is 5.56 Å². The molecular weight excluding hydrogens is 376 g/mol. The second-order valence-electron chi connectivity index (χ2n) is 4.00. The zero-order valence-electron chi connectivity index (χ0n) is 9.98. The zero-order valence-corrected chi connectivity index (χ0v) is 13.2. The number of aryl methyl sites for hydroxylation is 1. The molecule has 0 unspecified atom stereocenters. The topological polar surface area (TPSA) is 55.2 Å². The molecule has 0 saturated carbocycles. The van der Waals surface area contributed by atoms with E-state index in [1.54, 1.807) is 12.1 Å². The Morgan fingerprint density at radius 3 is 2.21 bits per heavy atom. The van der Waals surface area contributed by atoms with Gasteiger partial charge in [-0.15, -0.1) is 0 Å². The quantitative estimate of drug-likeness (QED) is 0.585. The molecule has 0 aliphatic rings. The maximum atomic E-state index is 11.0. The molecule has 0 radical (unpaired) electrons. The molecule has 98 valence electrons. The van der Waals surface area contributed by atoms with Gasteiger partial charge in [-0.25, -0.2) is 0 Å². The van der Waals surface area contributed by atoms with Crippen LogP contribution in [-0.2, 0) is 0 Å². The van der Waals surface area contributed by atoms with E-state index in [4.69, 9.17) is 0 Å². The molecule has 0 fully saturated rings. The Kier molecular flexibility index (Phi) is 4.21. The summed E-state index contributed by atoms with van der Waals surface area (Å²) < 4.78 is 1.65. The van der Waals surface area contributed by atoms with Crippen molar-refractivity contribution in [3.05, 3.63) is 61.0 Å². The first-order valence-corrected chi connectivity index (χ1v) is 7.03. The number of benzene rings is 2. The van der Waals surface area contributed by atoms with Gasteiger partial charge in [0.1, 0.15) is 5.69 Å². The summed E-state index contributed by atoms with van der Waals surface area (Å²) in [4.78, 5) is 10.6. The first-order chi connectivity index (χ1) is 8.97. The van der Waals surface area contributed by atoms with Crippen LogP contribution in [0.3, 0.4) is 0 Å². The van der Waals surface area contributed by atoms with Gasteiger partial charge in [0.05, 0.1) is 4.92 Å². The Morgan fingerprint density at radius 2 is 1.63 bits per heavy atom. The molecule has 0 aromatic heterocycles. The number of halogens is 2. The predicted molar refractivity (Wildman–Crippen MR) is 83.0 cm³/mol. The smallest absolute Gasteiger partial charge is 0.293 e. The molecule has 6 heteroatoms. The Balaban J connectivity index is 2.40. The second kappa shape index (κ2) is 5.71. The molecule has 0 atom stereocenters. The van der Waals surface area contributed by atoms with Crippen LogP contribution in [0.2, 0.25) is 0 Å². The highest BCUT2D eigenvalue weighted by Gasteiger charge is 2.14. The predicted octanol–water partition coefficient (Wildman–Crippen LogP) is 5.17. The van der Waals surface area contributed by atoms with Crippen LogP contribution >= 0.6 is 31.9 Å². The summed E-state index contributed by atoms with van der Waals surface area (Å²) in [6.45, 7) is 1.94. The summed E-state index contributed by atoms with van der Waals surface area (Å²) in [6, 6.07) is 10.7. The second-order valence-corrected chi connectivity index (χ2v) is 5.83. The van der Waals surface area contributed by atoms with Crippen LogP contribution in [0.4, 0.5) is 17.1 Å². The van der Waals surface area contributed by atoms with E-state index in [2.05, 4.69) is 37.2 Å². The van der Waals surface area contributed by atoms with Crippen molar-refractivity contribution in [2.45, 2.75) is 6.92 Å². The van der Waals surface area contributed by atoms with E-state index < -0.39 is 4.92 Å². The third-order valence-corrected chi connectivity index (χ3v) is 3.60. The van der Waals surface area contributed by atoms with Gasteiger partial charge in [0.15, 0.2) is 0 Å². The Hall–Kier alpha value is -1.40. The molecule has 1 N–H and O–H groups in total. The number of hydrogen-bond acceptors (Lipinski definition) is 3. The molecule has 2 rings (SSSR count). The summed E-state index contributed by atoms with van der Waals surface area (Å²) in [7, 11) is 0. The van der Waals surface area contributed by atoms with Gasteiger partial charge < -0.3 is 5.32 Å². The van der Waals surface area contributed by atoms with E-state index >= 15 is 0 Å². The van der Waals surface area contributed by atoms with E-state index in [0.717, 1.165) is 15.7 Å². The van der Waals surface area contributed by atoms with Crippen molar-refractivity contribution in [3.8, 4) is 0 Å². The van der Waals surface area contributed by atoms with Crippen molar-refractivity contribution in [1.29, 1.82) is 0 Å². The van der Waals surface area contributed by atoms with Crippen molar-refractivity contribution in [2.24, 2.45) is 0 Å².